The van der Waals surface area contributed by atoms with Crippen molar-refractivity contribution in [2.45, 2.75) is 19.9 Å². The lowest BCUT2D eigenvalue weighted by atomic mass is 10.0. The number of halogens is 2. The van der Waals surface area contributed by atoms with Gasteiger partial charge < -0.3 is 15.4 Å². The summed E-state index contributed by atoms with van der Waals surface area (Å²) in [6.45, 7) is 2.87. The maximum Gasteiger partial charge on any atom is 0.329 e. The molecule has 1 aromatic carbocycles. The molecule has 2 rings (SSSR count). The summed E-state index contributed by atoms with van der Waals surface area (Å²) in [5, 5.41) is 5.11. The highest BCUT2D eigenvalue weighted by molar-refractivity contribution is 6.32. The second kappa shape index (κ2) is 9.80. The summed E-state index contributed by atoms with van der Waals surface area (Å²) in [5.74, 6) is -2.69. The van der Waals surface area contributed by atoms with Crippen LogP contribution in [0.3, 0.4) is 0 Å². The lowest BCUT2D eigenvalue weighted by molar-refractivity contribution is -0.150. The molecule has 0 saturated heterocycles. The van der Waals surface area contributed by atoms with Crippen molar-refractivity contribution in [2.75, 3.05) is 11.9 Å². The Morgan fingerprint density at radius 2 is 1.86 bits per heavy atom. The number of carbonyl (C=O) groups is 3. The van der Waals surface area contributed by atoms with Gasteiger partial charge in [-0.25, -0.2) is 14.2 Å². The SMILES string of the molecule is CC(C)[C@H](NC(=O)c1ccc(F)cc1)C(=O)OCC(=O)Nc1cccnc1Cl. The van der Waals surface area contributed by atoms with Crippen molar-refractivity contribution in [3.63, 3.8) is 0 Å². The fraction of sp³-hybridized carbons (Fsp3) is 0.263. The van der Waals surface area contributed by atoms with Gasteiger partial charge >= 0.3 is 5.97 Å². The van der Waals surface area contributed by atoms with Gasteiger partial charge in [-0.1, -0.05) is 25.4 Å². The molecular formula is C19H19ClFN3O4. The Morgan fingerprint density at radius 3 is 2.46 bits per heavy atom. The average Bonchev–Trinajstić information content (AvgIpc) is 2.66. The topological polar surface area (TPSA) is 97.4 Å². The van der Waals surface area contributed by atoms with Crippen LogP contribution in [0.4, 0.5) is 10.1 Å². The zero-order valence-electron chi connectivity index (χ0n) is 15.2. The lowest BCUT2D eigenvalue weighted by Gasteiger charge is -2.20. The number of ether oxygens (including phenoxy) is 1. The van der Waals surface area contributed by atoms with Crippen LogP contribution in [-0.4, -0.2) is 35.4 Å². The minimum atomic E-state index is -0.979. The fourth-order valence-corrected chi connectivity index (χ4v) is 2.38. The highest BCUT2D eigenvalue weighted by Gasteiger charge is 2.27. The van der Waals surface area contributed by atoms with Gasteiger partial charge in [-0.15, -0.1) is 0 Å². The minimum Gasteiger partial charge on any atom is -0.454 e. The predicted molar refractivity (Wildman–Crippen MR) is 101 cm³/mol. The van der Waals surface area contributed by atoms with Gasteiger partial charge in [0.1, 0.15) is 11.9 Å². The Kier molecular flexibility index (Phi) is 7.45. The van der Waals surface area contributed by atoms with Crippen LogP contribution < -0.4 is 10.6 Å². The van der Waals surface area contributed by atoms with E-state index < -0.39 is 36.2 Å². The third kappa shape index (κ3) is 6.02. The van der Waals surface area contributed by atoms with Crippen LogP contribution in [0.15, 0.2) is 42.6 Å². The quantitative estimate of drug-likeness (QED) is 0.543. The first-order chi connectivity index (χ1) is 13.3. The zero-order valence-corrected chi connectivity index (χ0v) is 16.0. The van der Waals surface area contributed by atoms with E-state index in [1.54, 1.807) is 26.0 Å². The molecule has 0 fully saturated rings. The molecule has 0 saturated carbocycles. The van der Waals surface area contributed by atoms with Crippen molar-refractivity contribution >= 4 is 35.1 Å². The Labute approximate surface area is 166 Å². The van der Waals surface area contributed by atoms with Crippen molar-refractivity contribution in [3.8, 4) is 0 Å². The second-order valence-electron chi connectivity index (χ2n) is 6.20. The van der Waals surface area contributed by atoms with Crippen molar-refractivity contribution in [2.24, 2.45) is 5.92 Å². The number of hydrogen-bond acceptors (Lipinski definition) is 5. The Bertz CT molecular complexity index is 859. The Hall–Kier alpha value is -3.00. The largest absolute Gasteiger partial charge is 0.454 e. The molecule has 0 radical (unpaired) electrons. The van der Waals surface area contributed by atoms with E-state index in [2.05, 4.69) is 15.6 Å². The Balaban J connectivity index is 1.93. The molecule has 148 valence electrons. The van der Waals surface area contributed by atoms with E-state index >= 15 is 0 Å². The second-order valence-corrected chi connectivity index (χ2v) is 6.56. The third-order valence-corrected chi connectivity index (χ3v) is 3.99. The molecule has 7 nitrogen and oxygen atoms in total. The van der Waals surface area contributed by atoms with Crippen LogP contribution in [0.1, 0.15) is 24.2 Å². The molecule has 28 heavy (non-hydrogen) atoms. The van der Waals surface area contributed by atoms with Gasteiger partial charge in [0.15, 0.2) is 11.8 Å². The minimum absolute atomic E-state index is 0.105. The van der Waals surface area contributed by atoms with Gasteiger partial charge in [-0.3, -0.25) is 9.59 Å². The molecule has 2 aromatic rings. The molecule has 0 spiro atoms. The number of nitrogens with zero attached hydrogens (tertiary/aromatic N) is 1. The molecule has 0 unspecified atom stereocenters. The standard InChI is InChI=1S/C19H19ClFN3O4/c1-11(2)16(24-18(26)12-5-7-13(21)8-6-12)19(27)28-10-15(25)23-14-4-3-9-22-17(14)20/h3-9,11,16H,10H2,1-2H3,(H,23,25)(H,24,26)/t16-/m0/s1. The number of esters is 1. The summed E-state index contributed by atoms with van der Waals surface area (Å²) in [5.41, 5.74) is 0.485. The fourth-order valence-electron chi connectivity index (χ4n) is 2.22. The molecule has 1 atom stereocenters. The van der Waals surface area contributed by atoms with E-state index in [0.29, 0.717) is 0 Å². The highest BCUT2D eigenvalue weighted by atomic mass is 35.5. The molecule has 1 heterocycles. The molecule has 0 aliphatic rings. The maximum absolute atomic E-state index is 13.0. The van der Waals surface area contributed by atoms with E-state index in [4.69, 9.17) is 16.3 Å². The maximum atomic E-state index is 13.0. The lowest BCUT2D eigenvalue weighted by Crippen LogP contribution is -2.45. The van der Waals surface area contributed by atoms with E-state index in [1.807, 2.05) is 0 Å². The van der Waals surface area contributed by atoms with Gasteiger partial charge in [0.05, 0.1) is 5.69 Å². The summed E-state index contributed by atoms with van der Waals surface area (Å²) in [4.78, 5) is 40.3. The van der Waals surface area contributed by atoms with Crippen molar-refractivity contribution < 1.29 is 23.5 Å². The highest BCUT2D eigenvalue weighted by Crippen LogP contribution is 2.17. The molecule has 2 N–H and O–H groups in total. The molecular weight excluding hydrogens is 389 g/mol. The monoisotopic (exact) mass is 407 g/mol. The van der Waals surface area contributed by atoms with E-state index in [9.17, 15) is 18.8 Å². The molecule has 0 bridgehead atoms. The van der Waals surface area contributed by atoms with Crippen molar-refractivity contribution in [1.82, 2.24) is 10.3 Å². The average molecular weight is 408 g/mol. The predicted octanol–water partition coefficient (Wildman–Crippen LogP) is 2.81. The summed E-state index contributed by atoms with van der Waals surface area (Å²) in [6, 6.07) is 7.06. The van der Waals surface area contributed by atoms with E-state index in [0.717, 1.165) is 12.1 Å². The van der Waals surface area contributed by atoms with Gasteiger partial charge in [0, 0.05) is 11.8 Å². The number of aromatic nitrogens is 1. The van der Waals surface area contributed by atoms with Crippen LogP contribution >= 0.6 is 11.6 Å². The van der Waals surface area contributed by atoms with E-state index in [-0.39, 0.29) is 22.3 Å². The molecule has 9 heteroatoms. The molecule has 2 amide bonds. The zero-order chi connectivity index (χ0) is 20.7. The summed E-state index contributed by atoms with van der Waals surface area (Å²) < 4.78 is 18.0. The molecule has 1 aromatic heterocycles. The first kappa shape index (κ1) is 21.3. The number of carbonyl (C=O) groups excluding carboxylic acids is 3. The number of hydrogen-bond donors (Lipinski definition) is 2. The number of rotatable bonds is 7. The number of amides is 2. The summed E-state index contributed by atoms with van der Waals surface area (Å²) in [6.07, 6.45) is 1.47. The molecule has 0 aliphatic heterocycles. The third-order valence-electron chi connectivity index (χ3n) is 3.69. The number of nitrogens with one attached hydrogen (secondary N) is 2. The van der Waals surface area contributed by atoms with Crippen LogP contribution in [0.5, 0.6) is 0 Å². The number of benzene rings is 1. The van der Waals surface area contributed by atoms with Crippen LogP contribution in [0, 0.1) is 11.7 Å². The van der Waals surface area contributed by atoms with Gasteiger partial charge in [-0.05, 0) is 42.3 Å². The number of pyridine rings is 1. The summed E-state index contributed by atoms with van der Waals surface area (Å²) in [7, 11) is 0. The first-order valence-corrected chi connectivity index (χ1v) is 8.79. The first-order valence-electron chi connectivity index (χ1n) is 8.41. The number of anilines is 1. The van der Waals surface area contributed by atoms with Crippen LogP contribution in [-0.2, 0) is 14.3 Å². The van der Waals surface area contributed by atoms with Crippen LogP contribution in [0.2, 0.25) is 5.15 Å². The van der Waals surface area contributed by atoms with Gasteiger partial charge in [-0.2, -0.15) is 0 Å². The smallest absolute Gasteiger partial charge is 0.329 e. The Morgan fingerprint density at radius 1 is 1.18 bits per heavy atom. The van der Waals surface area contributed by atoms with Crippen molar-refractivity contribution in [1.29, 1.82) is 0 Å². The normalized spacial score (nSPS) is 11.6. The van der Waals surface area contributed by atoms with Crippen molar-refractivity contribution in [3.05, 3.63) is 59.1 Å². The van der Waals surface area contributed by atoms with E-state index in [1.165, 1.54) is 18.3 Å². The summed E-state index contributed by atoms with van der Waals surface area (Å²) >= 11 is 5.84. The van der Waals surface area contributed by atoms with Gasteiger partial charge in [0.25, 0.3) is 11.8 Å². The van der Waals surface area contributed by atoms with Crippen LogP contribution in [0.25, 0.3) is 0 Å². The molecule has 0 aliphatic carbocycles. The van der Waals surface area contributed by atoms with Gasteiger partial charge in [0.2, 0.25) is 0 Å².